The molecule has 0 aliphatic heterocycles. The monoisotopic (exact) mass is 227 g/mol. The number of carbonyl (C=O) groups is 2. The van der Waals surface area contributed by atoms with Crippen LogP contribution in [0.2, 0.25) is 0 Å². The van der Waals surface area contributed by atoms with Gasteiger partial charge in [0, 0.05) is 11.2 Å². The zero-order valence-corrected chi connectivity index (χ0v) is 8.85. The van der Waals surface area contributed by atoms with Crippen LogP contribution >= 0.6 is 21.8 Å². The van der Waals surface area contributed by atoms with Crippen molar-refractivity contribution in [2.45, 2.75) is 0 Å². The van der Waals surface area contributed by atoms with Gasteiger partial charge < -0.3 is 9.47 Å². The summed E-state index contributed by atoms with van der Waals surface area (Å²) in [5.41, 5.74) is 0. The molecule has 0 heterocycles. The highest BCUT2D eigenvalue weighted by molar-refractivity contribution is 8.19. The maximum Gasteiger partial charge on any atom is 0.320 e. The fourth-order valence-electron chi connectivity index (χ4n) is 0.522. The van der Waals surface area contributed by atoms with Gasteiger partial charge in [0.15, 0.2) is 0 Å². The molecule has 7 heteroatoms. The van der Waals surface area contributed by atoms with Crippen molar-refractivity contribution in [3.8, 4) is 0 Å². The third-order valence-corrected chi connectivity index (χ3v) is 2.20. The maximum atomic E-state index is 10.8. The molecule has 0 spiro atoms. The van der Waals surface area contributed by atoms with Gasteiger partial charge in [-0.2, -0.15) is 0 Å². The van der Waals surface area contributed by atoms with Crippen LogP contribution in [0.1, 0.15) is 0 Å². The molecule has 0 aromatic heterocycles. The highest BCUT2D eigenvalue weighted by Crippen LogP contribution is 2.13. The van der Waals surface area contributed by atoms with Crippen molar-refractivity contribution >= 4 is 33.8 Å². The molecule has 13 heavy (non-hydrogen) atoms. The summed E-state index contributed by atoms with van der Waals surface area (Å²) in [5, 5.41) is 0. The van der Waals surface area contributed by atoms with Gasteiger partial charge >= 0.3 is 11.9 Å². The lowest BCUT2D eigenvalue weighted by Crippen LogP contribution is -2.29. The topological polar surface area (TPSA) is 55.8 Å². The van der Waals surface area contributed by atoms with E-state index in [4.69, 9.17) is 10.7 Å². The van der Waals surface area contributed by atoms with E-state index in [9.17, 15) is 9.59 Å². The normalized spacial score (nSPS) is 9.85. The number of methoxy groups -OCH3 is 2. The highest BCUT2D eigenvalue weighted by atomic mass is 35.7. The minimum Gasteiger partial charge on any atom is -0.468 e. The van der Waals surface area contributed by atoms with Gasteiger partial charge in [0.25, 0.3) is 0 Å². The van der Waals surface area contributed by atoms with Crippen LogP contribution in [-0.4, -0.2) is 43.6 Å². The minimum atomic E-state index is -0.461. The summed E-state index contributed by atoms with van der Waals surface area (Å²) in [4.78, 5) is 21.5. The fourth-order valence-corrected chi connectivity index (χ4v) is 1.12. The van der Waals surface area contributed by atoms with Crippen LogP contribution in [0.4, 0.5) is 0 Å². The average molecular weight is 228 g/mol. The number of ether oxygens (including phenoxy) is 2. The van der Waals surface area contributed by atoms with Gasteiger partial charge in [0.05, 0.1) is 14.2 Å². The molecule has 0 saturated carbocycles. The van der Waals surface area contributed by atoms with Crippen molar-refractivity contribution in [3.63, 3.8) is 0 Å². The number of carbonyl (C=O) groups excluding carboxylic acids is 2. The molecule has 0 aliphatic carbocycles. The summed E-state index contributed by atoms with van der Waals surface area (Å²) in [6.45, 7) is -0.112. The lowest BCUT2D eigenvalue weighted by atomic mass is 10.6. The Morgan fingerprint density at radius 3 is 1.85 bits per heavy atom. The van der Waals surface area contributed by atoms with Gasteiger partial charge in [-0.15, -0.1) is 0 Å². The van der Waals surface area contributed by atoms with Crippen LogP contribution in [0.15, 0.2) is 0 Å². The molecule has 5 nitrogen and oxygen atoms in total. The number of hydrogen-bond donors (Lipinski definition) is 0. The quantitative estimate of drug-likeness (QED) is 0.502. The van der Waals surface area contributed by atoms with E-state index in [1.165, 1.54) is 18.5 Å². The fraction of sp³-hybridized carbons (Fsp3) is 0.667. The van der Waals surface area contributed by atoms with E-state index >= 15 is 0 Å². The smallest absolute Gasteiger partial charge is 0.320 e. The van der Waals surface area contributed by atoms with Crippen molar-refractivity contribution in [1.29, 1.82) is 0 Å². The van der Waals surface area contributed by atoms with Crippen molar-refractivity contribution in [3.05, 3.63) is 0 Å². The van der Waals surface area contributed by atoms with Crippen molar-refractivity contribution in [2.24, 2.45) is 0 Å². The summed E-state index contributed by atoms with van der Waals surface area (Å²) in [7, 11) is 7.92. The number of halogens is 1. The largest absolute Gasteiger partial charge is 0.468 e. The predicted octanol–water partition coefficient (Wildman–Crippen LogP) is 0.436. The SMILES string of the molecule is COC(=O)CN(CC(=O)OC)SCl. The molecule has 0 aromatic carbocycles. The zero-order valence-electron chi connectivity index (χ0n) is 7.28. The Balaban J connectivity index is 3.89. The van der Waals surface area contributed by atoms with E-state index in [0.717, 1.165) is 11.2 Å². The standard InChI is InChI=1S/C6H10ClNO4S/c1-11-5(9)3-8(13-7)4-6(10)12-2/h3-4H2,1-2H3. The van der Waals surface area contributed by atoms with E-state index in [1.54, 1.807) is 0 Å². The van der Waals surface area contributed by atoms with Gasteiger partial charge in [0.2, 0.25) is 0 Å². The Labute approximate surface area is 84.9 Å². The molecule has 0 N–H and O–H groups in total. The molecule has 0 atom stereocenters. The zero-order chi connectivity index (χ0) is 10.3. The summed E-state index contributed by atoms with van der Waals surface area (Å²) < 4.78 is 10.1. The summed E-state index contributed by atoms with van der Waals surface area (Å²) in [6.07, 6.45) is 0. The first kappa shape index (κ1) is 12.5. The Morgan fingerprint density at radius 1 is 1.23 bits per heavy atom. The highest BCUT2D eigenvalue weighted by Gasteiger charge is 2.14. The van der Waals surface area contributed by atoms with Crippen LogP contribution in [-0.2, 0) is 19.1 Å². The van der Waals surface area contributed by atoms with Crippen LogP contribution in [0, 0.1) is 0 Å². The summed E-state index contributed by atoms with van der Waals surface area (Å²) in [6, 6.07) is 0. The van der Waals surface area contributed by atoms with E-state index < -0.39 is 11.9 Å². The lowest BCUT2D eigenvalue weighted by Gasteiger charge is -2.13. The molecule has 0 saturated heterocycles. The third-order valence-electron chi connectivity index (χ3n) is 1.16. The van der Waals surface area contributed by atoms with Gasteiger partial charge in [0.1, 0.15) is 13.1 Å². The molecule has 76 valence electrons. The first-order valence-electron chi connectivity index (χ1n) is 3.31. The van der Waals surface area contributed by atoms with E-state index in [1.807, 2.05) is 0 Å². The van der Waals surface area contributed by atoms with E-state index in [2.05, 4.69) is 9.47 Å². The molecule has 0 fully saturated rings. The van der Waals surface area contributed by atoms with Crippen LogP contribution in [0.3, 0.4) is 0 Å². The van der Waals surface area contributed by atoms with Gasteiger partial charge in [-0.1, -0.05) is 0 Å². The van der Waals surface area contributed by atoms with Crippen LogP contribution in [0.5, 0.6) is 0 Å². The number of esters is 2. The molecule has 0 radical (unpaired) electrons. The minimum absolute atomic E-state index is 0.0558. The number of nitrogens with zero attached hydrogens (tertiary/aromatic N) is 1. The summed E-state index contributed by atoms with van der Waals surface area (Å²) >= 11 is 0.761. The molecular formula is C6H10ClNO4S. The van der Waals surface area contributed by atoms with E-state index in [-0.39, 0.29) is 13.1 Å². The molecule has 0 aliphatic rings. The molecule has 0 bridgehead atoms. The van der Waals surface area contributed by atoms with Crippen molar-refractivity contribution < 1.29 is 19.1 Å². The Hall–Kier alpha value is -0.460. The number of rotatable bonds is 5. The first-order chi connectivity index (χ1) is 6.13. The van der Waals surface area contributed by atoms with Crippen molar-refractivity contribution in [1.82, 2.24) is 4.31 Å². The number of hydrogen-bond acceptors (Lipinski definition) is 6. The maximum absolute atomic E-state index is 10.8. The third kappa shape index (κ3) is 5.73. The molecular weight excluding hydrogens is 218 g/mol. The Morgan fingerprint density at radius 2 is 1.62 bits per heavy atom. The summed E-state index contributed by atoms with van der Waals surface area (Å²) in [5.74, 6) is -0.922. The molecule has 0 amide bonds. The Bertz CT molecular complexity index is 171. The van der Waals surface area contributed by atoms with Gasteiger partial charge in [-0.3, -0.25) is 9.59 Å². The molecule has 0 aromatic rings. The lowest BCUT2D eigenvalue weighted by molar-refractivity contribution is -0.143. The van der Waals surface area contributed by atoms with Crippen LogP contribution < -0.4 is 0 Å². The van der Waals surface area contributed by atoms with Gasteiger partial charge in [-0.05, 0) is 10.7 Å². The second-order valence-electron chi connectivity index (χ2n) is 2.02. The van der Waals surface area contributed by atoms with Crippen LogP contribution in [0.25, 0.3) is 0 Å². The molecule has 0 rings (SSSR count). The first-order valence-corrected chi connectivity index (χ1v) is 4.91. The van der Waals surface area contributed by atoms with E-state index in [0.29, 0.717) is 0 Å². The second-order valence-corrected chi connectivity index (χ2v) is 3.09. The average Bonchev–Trinajstić information content (AvgIpc) is 2.16. The van der Waals surface area contributed by atoms with Gasteiger partial charge in [-0.25, -0.2) is 4.31 Å². The molecule has 0 unspecified atom stereocenters. The Kier molecular flexibility index (Phi) is 6.75. The second kappa shape index (κ2) is 6.99. The van der Waals surface area contributed by atoms with Crippen molar-refractivity contribution in [2.75, 3.05) is 27.3 Å². The predicted molar refractivity (Wildman–Crippen MR) is 49.0 cm³/mol.